The number of rotatable bonds is 5. The Morgan fingerprint density at radius 1 is 1.09 bits per heavy atom. The van der Waals surface area contributed by atoms with Crippen LogP contribution in [0.4, 0.5) is 0 Å². The van der Waals surface area contributed by atoms with Gasteiger partial charge < -0.3 is 5.11 Å². The molecule has 9 heteroatoms. The van der Waals surface area contributed by atoms with Crippen molar-refractivity contribution in [3.8, 4) is 0 Å². The standard InChI is InChI=1S/C13H16N4O3S2/c1-4-6-16-9(18)8(3)21-12(16)14-15-13-17(7-5-2)10(19)11(20)22-13/h4-5,8,11,20H,1-2,6-7H2,3H3/b14-12+,15-13+. The van der Waals surface area contributed by atoms with E-state index in [0.29, 0.717) is 11.7 Å². The van der Waals surface area contributed by atoms with Gasteiger partial charge in [0.1, 0.15) is 0 Å². The van der Waals surface area contributed by atoms with Crippen molar-refractivity contribution < 1.29 is 14.7 Å². The van der Waals surface area contributed by atoms with Gasteiger partial charge in [0.2, 0.25) is 5.91 Å². The van der Waals surface area contributed by atoms with E-state index >= 15 is 0 Å². The molecule has 0 aromatic carbocycles. The van der Waals surface area contributed by atoms with E-state index in [4.69, 9.17) is 0 Å². The van der Waals surface area contributed by atoms with Gasteiger partial charge in [-0.2, -0.15) is 0 Å². The number of carbonyl (C=O) groups is 2. The molecule has 0 aromatic rings. The van der Waals surface area contributed by atoms with Crippen molar-refractivity contribution in [3.63, 3.8) is 0 Å². The monoisotopic (exact) mass is 340 g/mol. The molecule has 1 N–H and O–H groups in total. The number of amides is 2. The Balaban J connectivity index is 2.24. The molecule has 2 atom stereocenters. The second-order valence-corrected chi connectivity index (χ2v) is 6.83. The zero-order valence-corrected chi connectivity index (χ0v) is 13.6. The fraction of sp³-hybridized carbons (Fsp3) is 0.385. The Kier molecular flexibility index (Phi) is 5.43. The van der Waals surface area contributed by atoms with E-state index in [-0.39, 0.29) is 22.9 Å². The van der Waals surface area contributed by atoms with Gasteiger partial charge in [-0.1, -0.05) is 23.9 Å². The van der Waals surface area contributed by atoms with E-state index in [2.05, 4.69) is 23.4 Å². The zero-order valence-electron chi connectivity index (χ0n) is 12.0. The van der Waals surface area contributed by atoms with Crippen LogP contribution in [0.25, 0.3) is 0 Å². The fourth-order valence-corrected chi connectivity index (χ4v) is 3.59. The average Bonchev–Trinajstić information content (AvgIpc) is 2.91. The summed E-state index contributed by atoms with van der Waals surface area (Å²) in [4.78, 5) is 26.5. The predicted molar refractivity (Wildman–Crippen MR) is 89.3 cm³/mol. The van der Waals surface area contributed by atoms with Crippen molar-refractivity contribution in [1.29, 1.82) is 0 Å². The van der Waals surface area contributed by atoms with E-state index < -0.39 is 11.3 Å². The van der Waals surface area contributed by atoms with Crippen molar-refractivity contribution in [1.82, 2.24) is 9.80 Å². The number of thioether (sulfide) groups is 2. The highest BCUT2D eigenvalue weighted by Crippen LogP contribution is 2.28. The summed E-state index contributed by atoms with van der Waals surface area (Å²) in [5.41, 5.74) is -1.18. The Hall–Kier alpha value is -1.58. The number of amidine groups is 2. The number of nitrogens with zero attached hydrogens (tertiary/aromatic N) is 4. The summed E-state index contributed by atoms with van der Waals surface area (Å²) in [5, 5.41) is 18.2. The molecule has 0 spiro atoms. The number of aliphatic hydroxyl groups excluding tert-OH is 1. The largest absolute Gasteiger partial charge is 0.373 e. The highest BCUT2D eigenvalue weighted by molar-refractivity contribution is 8.15. The van der Waals surface area contributed by atoms with Gasteiger partial charge in [0.15, 0.2) is 15.8 Å². The van der Waals surface area contributed by atoms with E-state index in [1.807, 2.05) is 0 Å². The molecule has 2 aliphatic rings. The summed E-state index contributed by atoms with van der Waals surface area (Å²) in [6.45, 7) is 9.57. The smallest absolute Gasteiger partial charge is 0.268 e. The minimum absolute atomic E-state index is 0.0537. The van der Waals surface area contributed by atoms with Crippen molar-refractivity contribution in [2.45, 2.75) is 17.6 Å². The molecule has 2 rings (SSSR count). The Morgan fingerprint density at radius 3 is 2.14 bits per heavy atom. The molecule has 2 saturated heterocycles. The highest BCUT2D eigenvalue weighted by atomic mass is 32.2. The van der Waals surface area contributed by atoms with Crippen LogP contribution in [0.2, 0.25) is 0 Å². The van der Waals surface area contributed by atoms with Crippen LogP contribution in [-0.4, -0.2) is 60.8 Å². The van der Waals surface area contributed by atoms with Crippen LogP contribution in [0.1, 0.15) is 6.92 Å². The third-order valence-corrected chi connectivity index (χ3v) is 4.90. The van der Waals surface area contributed by atoms with E-state index in [1.165, 1.54) is 21.6 Å². The Bertz CT molecular complexity index is 526. The molecular weight excluding hydrogens is 324 g/mol. The summed E-state index contributed by atoms with van der Waals surface area (Å²) in [6, 6.07) is 0. The van der Waals surface area contributed by atoms with Crippen molar-refractivity contribution in [2.75, 3.05) is 13.1 Å². The molecule has 2 heterocycles. The first-order valence-electron chi connectivity index (χ1n) is 6.51. The maximum atomic E-state index is 12.0. The molecule has 2 aliphatic heterocycles. The molecular formula is C13H16N4O3S2. The van der Waals surface area contributed by atoms with E-state index in [0.717, 1.165) is 11.8 Å². The third-order valence-electron chi connectivity index (χ3n) is 2.90. The van der Waals surface area contributed by atoms with Gasteiger partial charge in [0.25, 0.3) is 5.91 Å². The van der Waals surface area contributed by atoms with Crippen LogP contribution < -0.4 is 0 Å². The van der Waals surface area contributed by atoms with Crippen LogP contribution >= 0.6 is 23.5 Å². The zero-order chi connectivity index (χ0) is 16.3. The third kappa shape index (κ3) is 3.26. The van der Waals surface area contributed by atoms with Crippen molar-refractivity contribution in [3.05, 3.63) is 25.3 Å². The topological polar surface area (TPSA) is 85.6 Å². The van der Waals surface area contributed by atoms with Gasteiger partial charge in [-0.3, -0.25) is 19.4 Å². The summed E-state index contributed by atoms with van der Waals surface area (Å²) in [5.74, 6) is -0.502. The van der Waals surface area contributed by atoms with Crippen LogP contribution in [0, 0.1) is 0 Å². The van der Waals surface area contributed by atoms with E-state index in [1.54, 1.807) is 19.1 Å². The van der Waals surface area contributed by atoms with Gasteiger partial charge in [-0.05, 0) is 18.7 Å². The van der Waals surface area contributed by atoms with Gasteiger partial charge >= 0.3 is 0 Å². The molecule has 118 valence electrons. The molecule has 22 heavy (non-hydrogen) atoms. The van der Waals surface area contributed by atoms with E-state index in [9.17, 15) is 14.7 Å². The normalized spacial score (nSPS) is 29.0. The van der Waals surface area contributed by atoms with Crippen LogP contribution in [0.15, 0.2) is 35.5 Å². The SMILES string of the molecule is C=CCN1C(=O)C(C)S/C1=N/N=C1/SC(O)C(=O)N1CC=C. The number of hydrogen-bond acceptors (Lipinski definition) is 7. The van der Waals surface area contributed by atoms with Gasteiger partial charge in [-0.15, -0.1) is 23.4 Å². The molecule has 0 aromatic heterocycles. The fourth-order valence-electron chi connectivity index (χ4n) is 1.86. The summed E-state index contributed by atoms with van der Waals surface area (Å²) in [7, 11) is 0. The molecule has 0 aliphatic carbocycles. The second-order valence-electron chi connectivity index (χ2n) is 4.47. The summed E-state index contributed by atoms with van der Waals surface area (Å²) >= 11 is 2.21. The lowest BCUT2D eigenvalue weighted by atomic mass is 10.4. The maximum absolute atomic E-state index is 12.0. The lowest BCUT2D eigenvalue weighted by molar-refractivity contribution is -0.130. The number of aliphatic hydroxyl groups is 1. The summed E-state index contributed by atoms with van der Waals surface area (Å²) in [6.07, 6.45) is 3.15. The molecule has 2 unspecified atom stereocenters. The summed E-state index contributed by atoms with van der Waals surface area (Å²) < 4.78 is 0. The lowest BCUT2D eigenvalue weighted by Crippen LogP contribution is -2.32. The Labute approximate surface area is 136 Å². The van der Waals surface area contributed by atoms with Gasteiger partial charge in [0.05, 0.1) is 5.25 Å². The first-order chi connectivity index (χ1) is 10.5. The predicted octanol–water partition coefficient (Wildman–Crippen LogP) is 0.843. The molecule has 7 nitrogen and oxygen atoms in total. The first-order valence-corrected chi connectivity index (χ1v) is 8.27. The van der Waals surface area contributed by atoms with Crippen LogP contribution in [0.3, 0.4) is 0 Å². The molecule has 2 fully saturated rings. The number of hydrogen-bond donors (Lipinski definition) is 1. The quantitative estimate of drug-likeness (QED) is 0.592. The van der Waals surface area contributed by atoms with Crippen LogP contribution in [-0.2, 0) is 9.59 Å². The molecule has 0 saturated carbocycles. The van der Waals surface area contributed by atoms with Gasteiger partial charge in [-0.25, -0.2) is 0 Å². The minimum Gasteiger partial charge on any atom is -0.373 e. The average molecular weight is 340 g/mol. The second kappa shape index (κ2) is 7.12. The highest BCUT2D eigenvalue weighted by Gasteiger charge is 2.37. The molecule has 2 amide bonds. The van der Waals surface area contributed by atoms with Crippen molar-refractivity contribution in [2.24, 2.45) is 10.2 Å². The number of carbonyl (C=O) groups excluding carboxylic acids is 2. The molecule has 0 radical (unpaired) electrons. The van der Waals surface area contributed by atoms with Crippen LogP contribution in [0.5, 0.6) is 0 Å². The Morgan fingerprint density at radius 2 is 1.59 bits per heavy atom. The van der Waals surface area contributed by atoms with Gasteiger partial charge in [0, 0.05) is 13.1 Å². The maximum Gasteiger partial charge on any atom is 0.268 e. The lowest BCUT2D eigenvalue weighted by Gasteiger charge is -2.13. The van der Waals surface area contributed by atoms with Crippen molar-refractivity contribution >= 4 is 45.7 Å². The minimum atomic E-state index is -1.18. The first kappa shape index (κ1) is 16.8. The molecule has 0 bridgehead atoms.